The zero-order chi connectivity index (χ0) is 19.2. The average molecular weight is 365 g/mol. The molecule has 1 aliphatic heterocycles. The highest BCUT2D eigenvalue weighted by atomic mass is 16.2. The molecule has 0 spiro atoms. The van der Waals surface area contributed by atoms with Crippen LogP contribution in [0.1, 0.15) is 16.7 Å². The number of benzene rings is 2. The third-order valence-electron chi connectivity index (χ3n) is 5.16. The van der Waals surface area contributed by atoms with Gasteiger partial charge < -0.3 is 15.5 Å². The highest BCUT2D eigenvalue weighted by Crippen LogP contribution is 2.12. The number of rotatable bonds is 5. The third kappa shape index (κ3) is 4.95. The second kappa shape index (κ2) is 8.82. The Labute approximate surface area is 160 Å². The molecule has 2 N–H and O–H groups in total. The van der Waals surface area contributed by atoms with Gasteiger partial charge in [-0.15, -0.1) is 0 Å². The van der Waals surface area contributed by atoms with Gasteiger partial charge in [-0.3, -0.25) is 9.59 Å². The van der Waals surface area contributed by atoms with Crippen LogP contribution < -0.4 is 5.73 Å². The van der Waals surface area contributed by atoms with Crippen LogP contribution in [0.15, 0.2) is 54.6 Å². The quantitative estimate of drug-likeness (QED) is 0.878. The maximum absolute atomic E-state index is 12.6. The normalized spacial score (nSPS) is 15.5. The first-order valence-corrected chi connectivity index (χ1v) is 9.45. The summed E-state index contributed by atoms with van der Waals surface area (Å²) in [6.07, 6.45) is 0.945. The number of hydrogen-bond donors (Lipinski definition) is 1. The van der Waals surface area contributed by atoms with E-state index in [1.54, 1.807) is 4.90 Å². The number of carbonyl (C=O) groups excluding carboxylic acids is 2. The van der Waals surface area contributed by atoms with E-state index in [9.17, 15) is 9.59 Å². The van der Waals surface area contributed by atoms with Crippen molar-refractivity contribution in [2.75, 3.05) is 26.2 Å². The molecule has 2 amide bonds. The standard InChI is InChI=1S/C22H27N3O2/c1-17-7-5-6-10-19(17)16-21(26)24-11-13-25(14-12-24)22(27)20(23)15-18-8-3-2-4-9-18/h2-10,20H,11-16,23H2,1H3/t20-/m0/s1. The van der Waals surface area contributed by atoms with Crippen molar-refractivity contribution in [1.82, 2.24) is 9.80 Å². The lowest BCUT2D eigenvalue weighted by Gasteiger charge is -2.36. The van der Waals surface area contributed by atoms with E-state index in [4.69, 9.17) is 5.73 Å². The lowest BCUT2D eigenvalue weighted by atomic mass is 10.0. The summed E-state index contributed by atoms with van der Waals surface area (Å²) in [7, 11) is 0. The molecular weight excluding hydrogens is 338 g/mol. The van der Waals surface area contributed by atoms with Crippen molar-refractivity contribution in [3.05, 3.63) is 71.3 Å². The SMILES string of the molecule is Cc1ccccc1CC(=O)N1CCN(C(=O)[C@@H](N)Cc2ccccc2)CC1. The molecule has 0 bridgehead atoms. The summed E-state index contributed by atoms with van der Waals surface area (Å²) in [6, 6.07) is 17.2. The number of amides is 2. The highest BCUT2D eigenvalue weighted by molar-refractivity contribution is 5.83. The fourth-order valence-corrected chi connectivity index (χ4v) is 3.45. The summed E-state index contributed by atoms with van der Waals surface area (Å²) in [5.74, 6) is 0.0786. The van der Waals surface area contributed by atoms with Crippen LogP contribution in [-0.2, 0) is 22.4 Å². The molecule has 142 valence electrons. The molecule has 1 heterocycles. The van der Waals surface area contributed by atoms with Crippen LogP contribution >= 0.6 is 0 Å². The van der Waals surface area contributed by atoms with Crippen LogP contribution in [-0.4, -0.2) is 53.8 Å². The Morgan fingerprint density at radius 2 is 1.52 bits per heavy atom. The smallest absolute Gasteiger partial charge is 0.239 e. The van der Waals surface area contributed by atoms with E-state index < -0.39 is 6.04 Å². The number of nitrogens with two attached hydrogens (primary N) is 1. The second-order valence-electron chi connectivity index (χ2n) is 7.11. The summed E-state index contributed by atoms with van der Waals surface area (Å²) in [4.78, 5) is 28.8. The van der Waals surface area contributed by atoms with Crippen LogP contribution in [0.25, 0.3) is 0 Å². The Balaban J connectivity index is 1.50. The van der Waals surface area contributed by atoms with Crippen molar-refractivity contribution in [3.63, 3.8) is 0 Å². The van der Waals surface area contributed by atoms with Gasteiger partial charge in [0.2, 0.25) is 11.8 Å². The Kier molecular flexibility index (Phi) is 6.24. The van der Waals surface area contributed by atoms with Crippen LogP contribution in [0.2, 0.25) is 0 Å². The molecule has 0 radical (unpaired) electrons. The number of carbonyl (C=O) groups is 2. The minimum Gasteiger partial charge on any atom is -0.339 e. The molecular formula is C22H27N3O2. The first-order chi connectivity index (χ1) is 13.0. The molecule has 0 aliphatic carbocycles. The molecule has 0 aromatic heterocycles. The summed E-state index contributed by atoms with van der Waals surface area (Å²) < 4.78 is 0. The summed E-state index contributed by atoms with van der Waals surface area (Å²) in [6.45, 7) is 4.23. The van der Waals surface area contributed by atoms with Crippen LogP contribution in [0, 0.1) is 6.92 Å². The Bertz CT molecular complexity index is 783. The van der Waals surface area contributed by atoms with Gasteiger partial charge >= 0.3 is 0 Å². The largest absolute Gasteiger partial charge is 0.339 e. The third-order valence-corrected chi connectivity index (χ3v) is 5.16. The Hall–Kier alpha value is -2.66. The maximum atomic E-state index is 12.6. The molecule has 0 saturated carbocycles. The van der Waals surface area contributed by atoms with E-state index in [2.05, 4.69) is 0 Å². The second-order valence-corrected chi connectivity index (χ2v) is 7.11. The first kappa shape index (κ1) is 19.1. The Morgan fingerprint density at radius 3 is 2.19 bits per heavy atom. The van der Waals surface area contributed by atoms with Gasteiger partial charge in [0, 0.05) is 26.2 Å². The van der Waals surface area contributed by atoms with Gasteiger partial charge in [0.05, 0.1) is 12.5 Å². The topological polar surface area (TPSA) is 66.6 Å². The van der Waals surface area contributed by atoms with Crippen LogP contribution in [0.5, 0.6) is 0 Å². The van der Waals surface area contributed by atoms with Gasteiger partial charge in [-0.2, -0.15) is 0 Å². The van der Waals surface area contributed by atoms with Crippen molar-refractivity contribution in [2.24, 2.45) is 5.73 Å². The molecule has 5 heteroatoms. The molecule has 5 nitrogen and oxygen atoms in total. The minimum atomic E-state index is -0.540. The fraction of sp³-hybridized carbons (Fsp3) is 0.364. The summed E-state index contributed by atoms with van der Waals surface area (Å²) in [5, 5.41) is 0. The molecule has 1 saturated heterocycles. The molecule has 0 unspecified atom stereocenters. The molecule has 1 fully saturated rings. The van der Waals surface area contributed by atoms with Crippen molar-refractivity contribution in [3.8, 4) is 0 Å². The van der Waals surface area contributed by atoms with Crippen LogP contribution in [0.4, 0.5) is 0 Å². The molecule has 2 aromatic rings. The van der Waals surface area contributed by atoms with Gasteiger partial charge in [0.25, 0.3) is 0 Å². The lowest BCUT2D eigenvalue weighted by molar-refractivity contribution is -0.140. The number of nitrogens with zero attached hydrogens (tertiary/aromatic N) is 2. The van der Waals surface area contributed by atoms with Crippen molar-refractivity contribution >= 4 is 11.8 Å². The van der Waals surface area contributed by atoms with Crippen molar-refractivity contribution in [1.29, 1.82) is 0 Å². The van der Waals surface area contributed by atoms with E-state index in [-0.39, 0.29) is 11.8 Å². The van der Waals surface area contributed by atoms with Crippen molar-refractivity contribution in [2.45, 2.75) is 25.8 Å². The van der Waals surface area contributed by atoms with Crippen molar-refractivity contribution < 1.29 is 9.59 Å². The van der Waals surface area contributed by atoms with Gasteiger partial charge in [-0.1, -0.05) is 54.6 Å². The first-order valence-electron chi connectivity index (χ1n) is 9.45. The molecule has 1 atom stereocenters. The molecule has 2 aromatic carbocycles. The van der Waals surface area contributed by atoms with E-state index in [1.807, 2.05) is 66.4 Å². The van der Waals surface area contributed by atoms with Crippen LogP contribution in [0.3, 0.4) is 0 Å². The zero-order valence-electron chi connectivity index (χ0n) is 15.8. The average Bonchev–Trinajstić information content (AvgIpc) is 2.70. The number of hydrogen-bond acceptors (Lipinski definition) is 3. The van der Waals surface area contributed by atoms with E-state index in [0.717, 1.165) is 16.7 Å². The molecule has 1 aliphatic rings. The zero-order valence-corrected chi connectivity index (χ0v) is 15.8. The highest BCUT2D eigenvalue weighted by Gasteiger charge is 2.27. The van der Waals surface area contributed by atoms with Gasteiger partial charge in [-0.25, -0.2) is 0 Å². The predicted octanol–water partition coefficient (Wildman–Crippen LogP) is 1.78. The van der Waals surface area contributed by atoms with E-state index >= 15 is 0 Å². The molecule has 27 heavy (non-hydrogen) atoms. The number of aryl methyl sites for hydroxylation is 1. The van der Waals surface area contributed by atoms with Gasteiger partial charge in [-0.05, 0) is 30.0 Å². The molecule has 3 rings (SSSR count). The predicted molar refractivity (Wildman–Crippen MR) is 106 cm³/mol. The monoisotopic (exact) mass is 365 g/mol. The maximum Gasteiger partial charge on any atom is 0.239 e. The summed E-state index contributed by atoms with van der Waals surface area (Å²) in [5.41, 5.74) is 9.37. The lowest BCUT2D eigenvalue weighted by Crippen LogP contribution is -2.55. The Morgan fingerprint density at radius 1 is 0.926 bits per heavy atom. The van der Waals surface area contributed by atoms with E-state index in [0.29, 0.717) is 39.0 Å². The van der Waals surface area contributed by atoms with Gasteiger partial charge in [0.15, 0.2) is 0 Å². The van der Waals surface area contributed by atoms with Gasteiger partial charge in [0.1, 0.15) is 0 Å². The number of piperazine rings is 1. The summed E-state index contributed by atoms with van der Waals surface area (Å²) >= 11 is 0. The van der Waals surface area contributed by atoms with E-state index in [1.165, 1.54) is 0 Å². The fourth-order valence-electron chi connectivity index (χ4n) is 3.45. The minimum absolute atomic E-state index is 0.0372.